The van der Waals surface area contributed by atoms with E-state index in [1.54, 1.807) is 0 Å². The Bertz CT molecular complexity index is 895. The van der Waals surface area contributed by atoms with Crippen LogP contribution < -0.4 is 5.32 Å². The van der Waals surface area contributed by atoms with Crippen LogP contribution in [0.2, 0.25) is 0 Å². The van der Waals surface area contributed by atoms with Crippen LogP contribution in [0.3, 0.4) is 0 Å². The lowest BCUT2D eigenvalue weighted by molar-refractivity contribution is 0.0953. The molecule has 0 atom stereocenters. The molecule has 2 aromatic heterocycles. The third-order valence-corrected chi connectivity index (χ3v) is 4.49. The van der Waals surface area contributed by atoms with E-state index in [1.807, 2.05) is 44.3 Å². The number of pyridine rings is 1. The van der Waals surface area contributed by atoms with Gasteiger partial charge in [0.15, 0.2) is 0 Å². The number of hydrogen-bond acceptors (Lipinski definition) is 2. The lowest BCUT2D eigenvalue weighted by Gasteiger charge is -2.08. The maximum atomic E-state index is 12.4. The summed E-state index contributed by atoms with van der Waals surface area (Å²) in [5.74, 6) is -0.00655. The number of nitrogens with zero attached hydrogens (tertiary/aromatic N) is 2. The molecule has 2 heterocycles. The lowest BCUT2D eigenvalue weighted by atomic mass is 10.1. The van der Waals surface area contributed by atoms with E-state index >= 15 is 0 Å². The van der Waals surface area contributed by atoms with Gasteiger partial charge in [-0.25, -0.2) is 4.98 Å². The molecule has 25 heavy (non-hydrogen) atoms. The second kappa shape index (κ2) is 7.51. The van der Waals surface area contributed by atoms with Crippen molar-refractivity contribution in [2.45, 2.75) is 40.2 Å². The van der Waals surface area contributed by atoms with E-state index < -0.39 is 0 Å². The van der Waals surface area contributed by atoms with E-state index in [0.717, 1.165) is 36.2 Å². The Balaban J connectivity index is 1.70. The molecule has 4 heteroatoms. The molecule has 0 radical (unpaired) electrons. The van der Waals surface area contributed by atoms with Gasteiger partial charge in [0, 0.05) is 36.4 Å². The van der Waals surface area contributed by atoms with Crippen molar-refractivity contribution in [1.29, 1.82) is 0 Å². The lowest BCUT2D eigenvalue weighted by Crippen LogP contribution is -2.26. The van der Waals surface area contributed by atoms with Gasteiger partial charge in [0.25, 0.3) is 5.91 Å². The van der Waals surface area contributed by atoms with Crippen molar-refractivity contribution in [2.75, 3.05) is 6.54 Å². The summed E-state index contributed by atoms with van der Waals surface area (Å²) >= 11 is 0. The SMILES string of the molecule is CCCn1cc(CCNC(=O)c2ccc(C)cc2C)c2cccnc21. The summed E-state index contributed by atoms with van der Waals surface area (Å²) in [7, 11) is 0. The smallest absolute Gasteiger partial charge is 0.251 e. The molecule has 0 aliphatic carbocycles. The molecule has 4 nitrogen and oxygen atoms in total. The van der Waals surface area contributed by atoms with Gasteiger partial charge in [-0.15, -0.1) is 0 Å². The van der Waals surface area contributed by atoms with Crippen LogP contribution in [0, 0.1) is 13.8 Å². The van der Waals surface area contributed by atoms with Crippen molar-refractivity contribution >= 4 is 16.9 Å². The van der Waals surface area contributed by atoms with Gasteiger partial charge in [-0.2, -0.15) is 0 Å². The number of aromatic nitrogens is 2. The number of hydrogen-bond donors (Lipinski definition) is 1. The van der Waals surface area contributed by atoms with Gasteiger partial charge in [-0.1, -0.05) is 24.6 Å². The molecule has 3 aromatic rings. The highest BCUT2D eigenvalue weighted by Gasteiger charge is 2.11. The summed E-state index contributed by atoms with van der Waals surface area (Å²) < 4.78 is 2.20. The van der Waals surface area contributed by atoms with Crippen molar-refractivity contribution < 1.29 is 4.79 Å². The quantitative estimate of drug-likeness (QED) is 0.739. The van der Waals surface area contributed by atoms with Crippen LogP contribution in [0.4, 0.5) is 0 Å². The summed E-state index contributed by atoms with van der Waals surface area (Å²) in [5, 5.41) is 4.22. The summed E-state index contributed by atoms with van der Waals surface area (Å²) in [6.45, 7) is 7.76. The first-order valence-electron chi connectivity index (χ1n) is 8.88. The molecule has 0 saturated heterocycles. The normalized spacial score (nSPS) is 11.0. The highest BCUT2D eigenvalue weighted by Crippen LogP contribution is 2.20. The molecule has 0 aliphatic heterocycles. The Morgan fingerprint density at radius 2 is 2.08 bits per heavy atom. The largest absolute Gasteiger partial charge is 0.352 e. The van der Waals surface area contributed by atoms with Gasteiger partial charge in [-0.3, -0.25) is 4.79 Å². The number of aryl methyl sites for hydroxylation is 3. The van der Waals surface area contributed by atoms with Crippen LogP contribution >= 0.6 is 0 Å². The number of fused-ring (bicyclic) bond motifs is 1. The zero-order valence-electron chi connectivity index (χ0n) is 15.2. The number of carbonyl (C=O) groups excluding carboxylic acids is 1. The zero-order valence-corrected chi connectivity index (χ0v) is 15.2. The van der Waals surface area contributed by atoms with E-state index in [9.17, 15) is 4.79 Å². The van der Waals surface area contributed by atoms with E-state index in [2.05, 4.69) is 34.1 Å². The predicted molar refractivity (Wildman–Crippen MR) is 102 cm³/mol. The first kappa shape index (κ1) is 17.2. The second-order valence-electron chi connectivity index (χ2n) is 6.55. The average Bonchev–Trinajstić information content (AvgIpc) is 2.93. The molecule has 0 saturated carbocycles. The fraction of sp³-hybridized carbons (Fsp3) is 0.333. The molecule has 130 valence electrons. The summed E-state index contributed by atoms with van der Waals surface area (Å²) in [6.07, 6.45) is 5.88. The fourth-order valence-electron chi connectivity index (χ4n) is 3.28. The Morgan fingerprint density at radius 3 is 2.84 bits per heavy atom. The van der Waals surface area contributed by atoms with E-state index in [0.29, 0.717) is 6.54 Å². The molecule has 3 rings (SSSR count). The highest BCUT2D eigenvalue weighted by molar-refractivity contribution is 5.95. The van der Waals surface area contributed by atoms with E-state index in [-0.39, 0.29) is 5.91 Å². The van der Waals surface area contributed by atoms with Gasteiger partial charge < -0.3 is 9.88 Å². The third kappa shape index (κ3) is 3.73. The average molecular weight is 335 g/mol. The molecule has 0 spiro atoms. The Kier molecular flexibility index (Phi) is 5.17. The predicted octanol–water partition coefficient (Wildman–Crippen LogP) is 4.04. The van der Waals surface area contributed by atoms with Crippen LogP contribution in [0.15, 0.2) is 42.7 Å². The molecular formula is C21H25N3O. The number of rotatable bonds is 6. The third-order valence-electron chi connectivity index (χ3n) is 4.49. The number of nitrogens with one attached hydrogen (secondary N) is 1. The maximum absolute atomic E-state index is 12.4. The van der Waals surface area contributed by atoms with Crippen LogP contribution in [0.25, 0.3) is 11.0 Å². The molecule has 0 aliphatic rings. The van der Waals surface area contributed by atoms with Gasteiger partial charge >= 0.3 is 0 Å². The Labute approximate surface area is 148 Å². The molecule has 1 aromatic carbocycles. The van der Waals surface area contributed by atoms with E-state index in [4.69, 9.17) is 0 Å². The van der Waals surface area contributed by atoms with Crippen LogP contribution in [-0.4, -0.2) is 22.0 Å². The first-order valence-corrected chi connectivity index (χ1v) is 8.88. The Hall–Kier alpha value is -2.62. The van der Waals surface area contributed by atoms with Crippen molar-refractivity contribution in [3.05, 3.63) is 65.0 Å². The van der Waals surface area contributed by atoms with Crippen molar-refractivity contribution in [3.63, 3.8) is 0 Å². The van der Waals surface area contributed by atoms with Gasteiger partial charge in [0.05, 0.1) is 0 Å². The van der Waals surface area contributed by atoms with Gasteiger partial charge in [0.1, 0.15) is 5.65 Å². The van der Waals surface area contributed by atoms with Crippen LogP contribution in [0.1, 0.15) is 40.4 Å². The fourth-order valence-corrected chi connectivity index (χ4v) is 3.28. The van der Waals surface area contributed by atoms with Crippen LogP contribution in [0.5, 0.6) is 0 Å². The molecular weight excluding hydrogens is 310 g/mol. The van der Waals surface area contributed by atoms with E-state index in [1.165, 1.54) is 16.5 Å². The molecule has 0 fully saturated rings. The Morgan fingerprint density at radius 1 is 1.24 bits per heavy atom. The van der Waals surface area contributed by atoms with Crippen LogP contribution in [-0.2, 0) is 13.0 Å². The molecule has 1 N–H and O–H groups in total. The summed E-state index contributed by atoms with van der Waals surface area (Å²) in [6, 6.07) is 9.99. The number of amides is 1. The van der Waals surface area contributed by atoms with Crippen molar-refractivity contribution in [1.82, 2.24) is 14.9 Å². The molecule has 0 unspecified atom stereocenters. The minimum absolute atomic E-state index is 0.00655. The van der Waals surface area contributed by atoms with Crippen molar-refractivity contribution in [2.24, 2.45) is 0 Å². The first-order chi connectivity index (χ1) is 12.1. The molecule has 0 bridgehead atoms. The topological polar surface area (TPSA) is 46.9 Å². The number of benzene rings is 1. The second-order valence-corrected chi connectivity index (χ2v) is 6.55. The van der Waals surface area contributed by atoms with Gasteiger partial charge in [-0.05, 0) is 56.0 Å². The maximum Gasteiger partial charge on any atom is 0.251 e. The summed E-state index contributed by atoms with van der Waals surface area (Å²) in [4.78, 5) is 16.9. The minimum atomic E-state index is -0.00655. The van der Waals surface area contributed by atoms with Gasteiger partial charge in [0.2, 0.25) is 0 Å². The molecule has 1 amide bonds. The summed E-state index contributed by atoms with van der Waals surface area (Å²) in [5.41, 5.74) is 5.20. The zero-order chi connectivity index (χ0) is 17.8. The number of carbonyl (C=O) groups is 1. The standard InChI is InChI=1S/C21H25N3O/c1-4-12-24-14-17(19-6-5-10-22-20(19)24)9-11-23-21(25)18-8-7-15(2)13-16(18)3/h5-8,10,13-14H,4,9,11-12H2,1-3H3,(H,23,25). The highest BCUT2D eigenvalue weighted by atomic mass is 16.1. The van der Waals surface area contributed by atoms with Crippen molar-refractivity contribution in [3.8, 4) is 0 Å². The monoisotopic (exact) mass is 335 g/mol. The minimum Gasteiger partial charge on any atom is -0.352 e.